The summed E-state index contributed by atoms with van der Waals surface area (Å²) < 4.78 is 11.0. The van der Waals surface area contributed by atoms with E-state index >= 15 is 0 Å². The third-order valence-corrected chi connectivity index (χ3v) is 3.34. The largest absolute Gasteiger partial charge is 0.486 e. The maximum absolute atomic E-state index is 10.9. The predicted molar refractivity (Wildman–Crippen MR) is 70.7 cm³/mol. The maximum Gasteiger partial charge on any atom is 0.317 e. The molecular formula is C14H19NO4. The lowest BCUT2D eigenvalue weighted by atomic mass is 10.1. The first-order valence-electron chi connectivity index (χ1n) is 6.47. The van der Waals surface area contributed by atoms with Gasteiger partial charge in [0.05, 0.1) is 6.54 Å². The molecule has 104 valence electrons. The molecule has 0 saturated heterocycles. The highest BCUT2D eigenvalue weighted by atomic mass is 16.6. The SMILES string of the molecule is CCN(CC(=O)O)C(C)c1ccc2c(c1)OCCO2. The van der Waals surface area contributed by atoms with Gasteiger partial charge in [-0.25, -0.2) is 0 Å². The Hall–Kier alpha value is -1.75. The molecule has 1 atom stereocenters. The van der Waals surface area contributed by atoms with Gasteiger partial charge < -0.3 is 14.6 Å². The van der Waals surface area contributed by atoms with Crippen molar-refractivity contribution >= 4 is 5.97 Å². The van der Waals surface area contributed by atoms with E-state index in [2.05, 4.69) is 0 Å². The first kappa shape index (κ1) is 13.7. The van der Waals surface area contributed by atoms with Crippen molar-refractivity contribution in [3.05, 3.63) is 23.8 Å². The fourth-order valence-electron chi connectivity index (χ4n) is 2.23. The number of carboxylic acids is 1. The van der Waals surface area contributed by atoms with Gasteiger partial charge in [-0.15, -0.1) is 0 Å². The number of benzene rings is 1. The van der Waals surface area contributed by atoms with Crippen LogP contribution in [-0.2, 0) is 4.79 Å². The van der Waals surface area contributed by atoms with E-state index in [9.17, 15) is 4.79 Å². The van der Waals surface area contributed by atoms with Crippen molar-refractivity contribution in [2.24, 2.45) is 0 Å². The molecule has 2 rings (SSSR count). The fraction of sp³-hybridized carbons (Fsp3) is 0.500. The second kappa shape index (κ2) is 5.93. The Bertz CT molecular complexity index is 461. The molecular weight excluding hydrogens is 246 g/mol. The molecule has 1 unspecified atom stereocenters. The van der Waals surface area contributed by atoms with Crippen molar-refractivity contribution in [3.8, 4) is 11.5 Å². The summed E-state index contributed by atoms with van der Waals surface area (Å²) in [6, 6.07) is 5.80. The number of rotatable bonds is 5. The van der Waals surface area contributed by atoms with Crippen LogP contribution in [0.4, 0.5) is 0 Å². The van der Waals surface area contributed by atoms with E-state index in [4.69, 9.17) is 14.6 Å². The van der Waals surface area contributed by atoms with Crippen LogP contribution in [0, 0.1) is 0 Å². The summed E-state index contributed by atoms with van der Waals surface area (Å²) in [5.41, 5.74) is 1.03. The molecule has 5 nitrogen and oxygen atoms in total. The highest BCUT2D eigenvalue weighted by Gasteiger charge is 2.19. The second-order valence-electron chi connectivity index (χ2n) is 4.54. The number of hydrogen-bond donors (Lipinski definition) is 1. The lowest BCUT2D eigenvalue weighted by Crippen LogP contribution is -2.32. The zero-order chi connectivity index (χ0) is 13.8. The lowest BCUT2D eigenvalue weighted by molar-refractivity contribution is -0.138. The molecule has 1 aliphatic rings. The molecule has 19 heavy (non-hydrogen) atoms. The molecule has 0 spiro atoms. The van der Waals surface area contributed by atoms with Crippen LogP contribution >= 0.6 is 0 Å². The molecule has 0 fully saturated rings. The van der Waals surface area contributed by atoms with Crippen molar-refractivity contribution in [2.75, 3.05) is 26.3 Å². The van der Waals surface area contributed by atoms with E-state index in [-0.39, 0.29) is 12.6 Å². The van der Waals surface area contributed by atoms with Crippen LogP contribution < -0.4 is 9.47 Å². The summed E-state index contributed by atoms with van der Waals surface area (Å²) in [5.74, 6) is 0.678. The van der Waals surface area contributed by atoms with Crippen molar-refractivity contribution in [3.63, 3.8) is 0 Å². The summed E-state index contributed by atoms with van der Waals surface area (Å²) in [7, 11) is 0. The zero-order valence-corrected chi connectivity index (χ0v) is 11.3. The molecule has 0 aromatic heterocycles. The Kier molecular flexibility index (Phi) is 4.27. The molecule has 1 aromatic carbocycles. The van der Waals surface area contributed by atoms with Gasteiger partial charge in [0.25, 0.3) is 0 Å². The standard InChI is InChI=1S/C14H19NO4/c1-3-15(9-14(16)17)10(2)11-4-5-12-13(8-11)19-7-6-18-12/h4-5,8,10H,3,6-7,9H2,1-2H3,(H,16,17). The summed E-state index contributed by atoms with van der Waals surface area (Å²) in [6.07, 6.45) is 0. The van der Waals surface area contributed by atoms with Gasteiger partial charge in [-0.2, -0.15) is 0 Å². The van der Waals surface area contributed by atoms with Crippen molar-refractivity contribution in [2.45, 2.75) is 19.9 Å². The van der Waals surface area contributed by atoms with Crippen LogP contribution in [0.15, 0.2) is 18.2 Å². The minimum atomic E-state index is -0.814. The van der Waals surface area contributed by atoms with Gasteiger partial charge >= 0.3 is 5.97 Å². The average Bonchev–Trinajstić information content (AvgIpc) is 2.43. The zero-order valence-electron chi connectivity index (χ0n) is 11.3. The Morgan fingerprint density at radius 3 is 2.68 bits per heavy atom. The topological polar surface area (TPSA) is 59.0 Å². The molecule has 1 N–H and O–H groups in total. The first-order chi connectivity index (χ1) is 9.11. The van der Waals surface area contributed by atoms with Gasteiger partial charge in [-0.3, -0.25) is 9.69 Å². The molecule has 5 heteroatoms. The van der Waals surface area contributed by atoms with Gasteiger partial charge in [0.2, 0.25) is 0 Å². The van der Waals surface area contributed by atoms with Crippen molar-refractivity contribution < 1.29 is 19.4 Å². The van der Waals surface area contributed by atoms with E-state index < -0.39 is 5.97 Å². The first-order valence-corrected chi connectivity index (χ1v) is 6.47. The van der Waals surface area contributed by atoms with Crippen LogP contribution in [0.25, 0.3) is 0 Å². The molecule has 1 aliphatic heterocycles. The minimum Gasteiger partial charge on any atom is -0.486 e. The van der Waals surface area contributed by atoms with Crippen LogP contribution in [0.5, 0.6) is 11.5 Å². The molecule has 0 amide bonds. The Morgan fingerprint density at radius 1 is 1.37 bits per heavy atom. The number of carboxylic acid groups (broad SMARTS) is 1. The van der Waals surface area contributed by atoms with Crippen LogP contribution in [0.1, 0.15) is 25.5 Å². The maximum atomic E-state index is 10.9. The Morgan fingerprint density at radius 2 is 2.05 bits per heavy atom. The number of aliphatic carboxylic acids is 1. The van der Waals surface area contributed by atoms with E-state index in [0.29, 0.717) is 19.8 Å². The van der Waals surface area contributed by atoms with Gasteiger partial charge in [0.1, 0.15) is 13.2 Å². The lowest BCUT2D eigenvalue weighted by Gasteiger charge is -2.27. The number of ether oxygens (including phenoxy) is 2. The van der Waals surface area contributed by atoms with Gasteiger partial charge in [-0.1, -0.05) is 13.0 Å². The summed E-state index contributed by atoms with van der Waals surface area (Å²) in [6.45, 7) is 5.79. The molecule has 1 heterocycles. The molecule has 1 aromatic rings. The number of fused-ring (bicyclic) bond motifs is 1. The Balaban J connectivity index is 2.18. The highest BCUT2D eigenvalue weighted by Crippen LogP contribution is 2.33. The van der Waals surface area contributed by atoms with Crippen LogP contribution in [-0.4, -0.2) is 42.3 Å². The van der Waals surface area contributed by atoms with E-state index in [1.165, 1.54) is 0 Å². The fourth-order valence-corrected chi connectivity index (χ4v) is 2.23. The normalized spacial score (nSPS) is 15.3. The monoisotopic (exact) mass is 265 g/mol. The summed E-state index contributed by atoms with van der Waals surface area (Å²) in [5, 5.41) is 8.92. The van der Waals surface area contributed by atoms with Crippen molar-refractivity contribution in [1.82, 2.24) is 4.90 Å². The number of nitrogens with zero attached hydrogens (tertiary/aromatic N) is 1. The third-order valence-electron chi connectivity index (χ3n) is 3.34. The van der Waals surface area contributed by atoms with E-state index in [1.807, 2.05) is 36.9 Å². The number of likely N-dealkylation sites (N-methyl/N-ethyl adjacent to an activating group) is 1. The quantitative estimate of drug-likeness (QED) is 0.881. The number of hydrogen-bond acceptors (Lipinski definition) is 4. The summed E-state index contributed by atoms with van der Waals surface area (Å²) >= 11 is 0. The Labute approximate surface area is 112 Å². The van der Waals surface area contributed by atoms with E-state index in [0.717, 1.165) is 17.1 Å². The summed E-state index contributed by atoms with van der Waals surface area (Å²) in [4.78, 5) is 12.7. The smallest absolute Gasteiger partial charge is 0.317 e. The predicted octanol–water partition coefficient (Wildman–Crippen LogP) is 1.93. The molecule has 0 saturated carbocycles. The molecule has 0 radical (unpaired) electrons. The van der Waals surface area contributed by atoms with Crippen LogP contribution in [0.2, 0.25) is 0 Å². The second-order valence-corrected chi connectivity index (χ2v) is 4.54. The molecule has 0 bridgehead atoms. The minimum absolute atomic E-state index is 0.0249. The highest BCUT2D eigenvalue weighted by molar-refractivity contribution is 5.69. The average molecular weight is 265 g/mol. The molecule has 0 aliphatic carbocycles. The van der Waals surface area contributed by atoms with E-state index in [1.54, 1.807) is 0 Å². The van der Waals surface area contributed by atoms with Gasteiger partial charge in [0, 0.05) is 6.04 Å². The van der Waals surface area contributed by atoms with Gasteiger partial charge in [0.15, 0.2) is 11.5 Å². The van der Waals surface area contributed by atoms with Crippen molar-refractivity contribution in [1.29, 1.82) is 0 Å². The van der Waals surface area contributed by atoms with Crippen LogP contribution in [0.3, 0.4) is 0 Å². The van der Waals surface area contributed by atoms with Gasteiger partial charge in [-0.05, 0) is 31.2 Å². The number of carbonyl (C=O) groups is 1. The third kappa shape index (κ3) is 3.17.